The molecule has 0 rings (SSSR count). The van der Waals surface area contributed by atoms with Gasteiger partial charge in [-0.15, -0.1) is 0 Å². The second-order valence-corrected chi connectivity index (χ2v) is 2.70. The van der Waals surface area contributed by atoms with Crippen molar-refractivity contribution in [1.29, 1.82) is 0 Å². The summed E-state index contributed by atoms with van der Waals surface area (Å²) in [5, 5.41) is 0. The van der Waals surface area contributed by atoms with Crippen molar-refractivity contribution in [1.82, 2.24) is 12.3 Å². The Labute approximate surface area is 305 Å². The summed E-state index contributed by atoms with van der Waals surface area (Å²) < 4.78 is 42.9. The van der Waals surface area contributed by atoms with Crippen LogP contribution in [0.25, 0.3) is 0 Å². The van der Waals surface area contributed by atoms with Gasteiger partial charge in [-0.2, -0.15) is 0 Å². The van der Waals surface area contributed by atoms with Gasteiger partial charge in [0, 0.05) is 10.4 Å². The van der Waals surface area contributed by atoms with E-state index in [-0.39, 0.29) is 259 Å². The molecule has 0 radical (unpaired) electrons. The van der Waals surface area contributed by atoms with Crippen LogP contribution in [0.2, 0.25) is 0 Å². The molecule has 0 aromatic heterocycles. The molecule has 0 heterocycles. The second kappa shape index (κ2) is 35.8. The summed E-state index contributed by atoms with van der Waals surface area (Å²) in [6, 6.07) is 0. The zero-order chi connectivity index (χ0) is 9.00. The van der Waals surface area contributed by atoms with Gasteiger partial charge in [0.1, 0.15) is 0 Å². The number of phosphoric acid groups is 1. The summed E-state index contributed by atoms with van der Waals surface area (Å²) in [6.45, 7) is 0. The molecule has 18 heavy (non-hydrogen) atoms. The summed E-state index contributed by atoms with van der Waals surface area (Å²) in [6.07, 6.45) is 0. The third-order valence-corrected chi connectivity index (χ3v) is 0. The van der Waals surface area contributed by atoms with Crippen LogP contribution in [0, 0.1) is 0 Å². The molecule has 0 fully saturated rings. The van der Waals surface area contributed by atoms with E-state index >= 15 is 0 Å². The molecule has 0 unspecified atom stereocenters. The van der Waals surface area contributed by atoms with Gasteiger partial charge in [0.05, 0.1) is 0 Å². The van der Waals surface area contributed by atoms with Crippen molar-refractivity contribution in [3.63, 3.8) is 0 Å². The van der Waals surface area contributed by atoms with E-state index in [1.54, 1.807) is 0 Å². The van der Waals surface area contributed by atoms with Crippen LogP contribution in [0.15, 0.2) is 0 Å². The third-order valence-electron chi connectivity index (χ3n) is 0. The maximum Gasteiger partial charge on any atom is 1.00 e. The van der Waals surface area contributed by atoms with Crippen LogP contribution >= 0.6 is 7.82 Å². The van der Waals surface area contributed by atoms with E-state index in [4.69, 9.17) is 36.8 Å². The fourth-order valence-electron chi connectivity index (χ4n) is 0. The molecule has 0 aliphatic carbocycles. The first-order chi connectivity index (χ1) is 4.00. The monoisotopic (exact) mass is 416 g/mol. The first-order valence-electron chi connectivity index (χ1n) is 1.43. The summed E-state index contributed by atoms with van der Waals surface area (Å²) >= 11 is 0. The number of rotatable bonds is 0. The van der Waals surface area contributed by atoms with E-state index in [0.717, 1.165) is 0 Å². The first-order valence-corrected chi connectivity index (χ1v) is 4.30. The van der Waals surface area contributed by atoms with Crippen molar-refractivity contribution in [2.75, 3.05) is 0 Å². The molecule has 10 nitrogen and oxygen atoms in total. The summed E-state index contributed by atoms with van der Waals surface area (Å²) in [5.74, 6) is 0. The van der Waals surface area contributed by atoms with Gasteiger partial charge in [0.25, 0.3) is 7.82 Å². The van der Waals surface area contributed by atoms with Crippen molar-refractivity contribution < 1.29 is 284 Å². The van der Waals surface area contributed by atoms with Crippen LogP contribution in [0.1, 0.15) is 4.28 Å². The molecular weight excluding hydrogens is 405 g/mol. The standard InChI is InChI=1S/3K.2H3N.3Na.H3O4P.H2O4S.3H/c;;;;;;;;2*1-5(2,3)4;;;/h;;;2*1H3;;;;(H3,1,2,3,4);(H2,1,2,3,4);;;/q3*+1;;;3*+1;;;3*-1/p-3. The summed E-state index contributed by atoms with van der Waals surface area (Å²) in [7, 11) is -10.1. The minimum atomic E-state index is -5.17. The molecule has 8 N–H and O–H groups in total. The first kappa shape index (κ1) is 63.6. The Kier molecular flexibility index (Phi) is 127. The van der Waals surface area contributed by atoms with Crippen molar-refractivity contribution in [3.8, 4) is 0 Å². The summed E-state index contributed by atoms with van der Waals surface area (Å²) in [5.41, 5.74) is 0. The molecule has 0 aromatic rings. The van der Waals surface area contributed by atoms with Crippen LogP contribution in [0.3, 0.4) is 0 Å². The molecule has 0 bridgehead atoms. The third kappa shape index (κ3) is 203. The van der Waals surface area contributed by atoms with Gasteiger partial charge >= 0.3 is 243 Å². The van der Waals surface area contributed by atoms with Crippen LogP contribution < -0.4 is 260 Å². The molecule has 0 saturated carbocycles. The Bertz CT molecular complexity index is 230. The van der Waals surface area contributed by atoms with E-state index in [0.29, 0.717) is 0 Å². The average molecular weight is 416 g/mol. The predicted octanol–water partition coefficient (Wildman–Crippen LogP) is -20.2. The van der Waals surface area contributed by atoms with E-state index in [1.165, 1.54) is 0 Å². The molecule has 0 amide bonds. The van der Waals surface area contributed by atoms with E-state index in [9.17, 15) is 0 Å². The second-order valence-electron chi connectivity index (χ2n) is 0.899. The minimum Gasteiger partial charge on any atom is -1.00 e. The Morgan fingerprint density at radius 2 is 0.889 bits per heavy atom. The summed E-state index contributed by atoms with van der Waals surface area (Å²) in [4.78, 5) is 22.9. The minimum absolute atomic E-state index is 0. The molecule has 0 aliphatic rings. The smallest absolute Gasteiger partial charge is 1.00 e. The molecular formula is H11K3N2Na3O8PS. The fraction of sp³-hybridized carbons (Fsp3) is 0. The van der Waals surface area contributed by atoms with Gasteiger partial charge in [0.15, 0.2) is 0 Å². The van der Waals surface area contributed by atoms with Crippen LogP contribution in [-0.4, -0.2) is 27.3 Å². The fourth-order valence-corrected chi connectivity index (χ4v) is 0. The van der Waals surface area contributed by atoms with Crippen LogP contribution in [-0.2, 0) is 15.0 Å². The van der Waals surface area contributed by atoms with Crippen LogP contribution in [0.5, 0.6) is 0 Å². The van der Waals surface area contributed by atoms with Gasteiger partial charge in [-0.3, -0.25) is 13.0 Å². The normalized spacial score (nSPS) is 6.50. The molecule has 0 aliphatic heterocycles. The zero-order valence-electron chi connectivity index (χ0n) is 14.6. The Morgan fingerprint density at radius 1 is 0.889 bits per heavy atom. The Balaban J connectivity index is -0.00000000364. The molecule has 0 atom stereocenters. The SMILES string of the molecule is N.N.O=P([O-])(O)O.O=S(=O)([O-])[O-].[H-].[H-].[H-].[K+].[K+].[K+].[Na+].[Na+].[Na+]. The van der Waals surface area contributed by atoms with Gasteiger partial charge in [0.2, 0.25) is 0 Å². The van der Waals surface area contributed by atoms with Gasteiger partial charge < -0.3 is 40.4 Å². The molecule has 0 aromatic carbocycles. The van der Waals surface area contributed by atoms with E-state index < -0.39 is 18.2 Å². The largest absolute Gasteiger partial charge is 1.00 e. The average Bonchev–Trinajstić information content (AvgIpc) is 1.12. The van der Waals surface area contributed by atoms with Crippen LogP contribution in [0.4, 0.5) is 0 Å². The van der Waals surface area contributed by atoms with E-state index in [2.05, 4.69) is 0 Å². The topological polar surface area (TPSA) is 231 Å². The molecule has 0 saturated heterocycles. The number of hydrogen-bond acceptors (Lipinski definition) is 8. The molecule has 0 spiro atoms. The Morgan fingerprint density at radius 3 is 0.889 bits per heavy atom. The van der Waals surface area contributed by atoms with Crippen molar-refractivity contribution in [2.24, 2.45) is 0 Å². The zero-order valence-corrected chi connectivity index (χ0v) is 28.7. The number of hydrogen-bond donors (Lipinski definition) is 4. The Hall–Kier alpha value is 7.81. The van der Waals surface area contributed by atoms with Crippen molar-refractivity contribution in [3.05, 3.63) is 0 Å². The van der Waals surface area contributed by atoms with Crippen molar-refractivity contribution >= 4 is 18.2 Å². The quantitative estimate of drug-likeness (QED) is 0.126. The predicted molar refractivity (Wildman–Crippen MR) is 35.9 cm³/mol. The van der Waals surface area contributed by atoms with Gasteiger partial charge in [-0.05, 0) is 0 Å². The van der Waals surface area contributed by atoms with Crippen molar-refractivity contribution in [2.45, 2.75) is 0 Å². The van der Waals surface area contributed by atoms with Gasteiger partial charge in [-0.1, -0.05) is 0 Å². The maximum atomic E-state index is 8.77. The van der Waals surface area contributed by atoms with Gasteiger partial charge in [-0.25, -0.2) is 0 Å². The van der Waals surface area contributed by atoms with E-state index in [1.807, 2.05) is 0 Å². The maximum absolute atomic E-state index is 8.77. The molecule has 18 heteroatoms. The molecule has 86 valence electrons.